The van der Waals surface area contributed by atoms with Gasteiger partial charge in [-0.3, -0.25) is 0 Å². The van der Waals surface area contributed by atoms with Crippen molar-refractivity contribution in [2.24, 2.45) is 0 Å². The third-order valence-corrected chi connectivity index (χ3v) is 4.01. The number of benzene rings is 2. The third-order valence-electron chi connectivity index (χ3n) is 4.01. The maximum atomic E-state index is 3.57. The summed E-state index contributed by atoms with van der Waals surface area (Å²) in [5.41, 5.74) is 8.01. The second-order valence-electron chi connectivity index (χ2n) is 5.65. The predicted molar refractivity (Wildman–Crippen MR) is 86.5 cm³/mol. The van der Waals surface area contributed by atoms with Crippen molar-refractivity contribution in [2.45, 2.75) is 33.2 Å². The van der Waals surface area contributed by atoms with E-state index in [9.17, 15) is 0 Å². The highest BCUT2D eigenvalue weighted by molar-refractivity contribution is 5.61. The molecule has 2 aromatic carbocycles. The van der Waals surface area contributed by atoms with Crippen molar-refractivity contribution in [2.75, 3.05) is 17.2 Å². The third kappa shape index (κ3) is 2.64. The molecule has 3 rings (SSSR count). The lowest BCUT2D eigenvalue weighted by Crippen LogP contribution is -2.15. The SMILES string of the molecule is Cc1ccc(NCc2cccc3c2NCCC3)c(C)c1. The second kappa shape index (κ2) is 5.58. The lowest BCUT2D eigenvalue weighted by molar-refractivity contribution is 0.825. The summed E-state index contributed by atoms with van der Waals surface area (Å²) in [5.74, 6) is 0. The number of nitrogens with one attached hydrogen (secondary N) is 2. The molecule has 0 fully saturated rings. The Hall–Kier alpha value is -1.96. The summed E-state index contributed by atoms with van der Waals surface area (Å²) in [7, 11) is 0. The van der Waals surface area contributed by atoms with Gasteiger partial charge in [0.15, 0.2) is 0 Å². The van der Waals surface area contributed by atoms with Crippen LogP contribution in [-0.4, -0.2) is 6.54 Å². The number of anilines is 2. The van der Waals surface area contributed by atoms with Gasteiger partial charge in [0.2, 0.25) is 0 Å². The molecule has 0 saturated carbocycles. The topological polar surface area (TPSA) is 24.1 Å². The molecule has 20 heavy (non-hydrogen) atoms. The van der Waals surface area contributed by atoms with Crippen LogP contribution in [0.5, 0.6) is 0 Å². The van der Waals surface area contributed by atoms with E-state index in [4.69, 9.17) is 0 Å². The van der Waals surface area contributed by atoms with Gasteiger partial charge < -0.3 is 10.6 Å². The second-order valence-corrected chi connectivity index (χ2v) is 5.65. The molecule has 104 valence electrons. The molecule has 0 atom stereocenters. The largest absolute Gasteiger partial charge is 0.385 e. The van der Waals surface area contributed by atoms with E-state index < -0.39 is 0 Å². The highest BCUT2D eigenvalue weighted by Crippen LogP contribution is 2.27. The number of hydrogen-bond donors (Lipinski definition) is 2. The Morgan fingerprint density at radius 3 is 2.90 bits per heavy atom. The van der Waals surface area contributed by atoms with E-state index in [1.165, 1.54) is 46.5 Å². The first-order valence-electron chi connectivity index (χ1n) is 7.40. The summed E-state index contributed by atoms with van der Waals surface area (Å²) in [6.45, 7) is 6.26. The Morgan fingerprint density at radius 1 is 1.15 bits per heavy atom. The van der Waals surface area contributed by atoms with E-state index in [0.717, 1.165) is 13.1 Å². The van der Waals surface area contributed by atoms with Gasteiger partial charge in [-0.2, -0.15) is 0 Å². The first kappa shape index (κ1) is 13.0. The average molecular weight is 266 g/mol. The van der Waals surface area contributed by atoms with Gasteiger partial charge in [0.05, 0.1) is 0 Å². The van der Waals surface area contributed by atoms with Crippen molar-refractivity contribution in [3.63, 3.8) is 0 Å². The molecule has 2 N–H and O–H groups in total. The molecule has 2 aromatic rings. The summed E-state index contributed by atoms with van der Waals surface area (Å²) in [6.07, 6.45) is 2.43. The molecule has 1 heterocycles. The molecule has 0 aliphatic carbocycles. The van der Waals surface area contributed by atoms with E-state index in [1.807, 2.05) is 0 Å². The van der Waals surface area contributed by atoms with Crippen LogP contribution < -0.4 is 10.6 Å². The monoisotopic (exact) mass is 266 g/mol. The maximum Gasteiger partial charge on any atom is 0.0423 e. The molecule has 2 heteroatoms. The summed E-state index contributed by atoms with van der Waals surface area (Å²) < 4.78 is 0. The molecule has 1 aliphatic heterocycles. The molecule has 2 nitrogen and oxygen atoms in total. The molecule has 0 aromatic heterocycles. The van der Waals surface area contributed by atoms with Gasteiger partial charge in [-0.25, -0.2) is 0 Å². The Morgan fingerprint density at radius 2 is 2.05 bits per heavy atom. The van der Waals surface area contributed by atoms with Crippen LogP contribution in [0.3, 0.4) is 0 Å². The number of aryl methyl sites for hydroxylation is 3. The number of rotatable bonds is 3. The fourth-order valence-corrected chi connectivity index (χ4v) is 2.93. The van der Waals surface area contributed by atoms with Gasteiger partial charge in [-0.15, -0.1) is 0 Å². The highest BCUT2D eigenvalue weighted by atomic mass is 14.9. The summed E-state index contributed by atoms with van der Waals surface area (Å²) in [6, 6.07) is 13.2. The van der Waals surface area contributed by atoms with E-state index in [0.29, 0.717) is 0 Å². The van der Waals surface area contributed by atoms with E-state index in [2.05, 4.69) is 60.9 Å². The van der Waals surface area contributed by atoms with Crippen molar-refractivity contribution in [3.8, 4) is 0 Å². The Balaban J connectivity index is 1.78. The van der Waals surface area contributed by atoms with Gasteiger partial charge >= 0.3 is 0 Å². The summed E-state index contributed by atoms with van der Waals surface area (Å²) >= 11 is 0. The first-order valence-corrected chi connectivity index (χ1v) is 7.40. The van der Waals surface area contributed by atoms with Crippen molar-refractivity contribution in [3.05, 3.63) is 58.7 Å². The van der Waals surface area contributed by atoms with Gasteiger partial charge in [0.1, 0.15) is 0 Å². The van der Waals surface area contributed by atoms with Crippen LogP contribution in [0.15, 0.2) is 36.4 Å². The van der Waals surface area contributed by atoms with Crippen LogP contribution in [0.1, 0.15) is 28.7 Å². The van der Waals surface area contributed by atoms with E-state index in [1.54, 1.807) is 0 Å². The van der Waals surface area contributed by atoms with Crippen LogP contribution in [0.4, 0.5) is 11.4 Å². The minimum Gasteiger partial charge on any atom is -0.385 e. The molecule has 1 aliphatic rings. The van der Waals surface area contributed by atoms with Gasteiger partial charge in [0.25, 0.3) is 0 Å². The average Bonchev–Trinajstić information content (AvgIpc) is 2.46. The van der Waals surface area contributed by atoms with Crippen molar-refractivity contribution < 1.29 is 0 Å². The normalized spacial score (nSPS) is 13.5. The lowest BCUT2D eigenvalue weighted by atomic mass is 9.99. The molecule has 0 amide bonds. The smallest absolute Gasteiger partial charge is 0.0423 e. The zero-order valence-electron chi connectivity index (χ0n) is 12.3. The van der Waals surface area contributed by atoms with Crippen LogP contribution in [0, 0.1) is 13.8 Å². The number of fused-ring (bicyclic) bond motifs is 1. The number of para-hydroxylation sites is 1. The quantitative estimate of drug-likeness (QED) is 0.866. The van der Waals surface area contributed by atoms with Gasteiger partial charge in [-0.05, 0) is 49.4 Å². The Bertz CT molecular complexity index is 617. The minimum atomic E-state index is 0.875. The maximum absolute atomic E-state index is 3.57. The molecule has 0 spiro atoms. The highest BCUT2D eigenvalue weighted by Gasteiger charge is 2.12. The van der Waals surface area contributed by atoms with Crippen LogP contribution in [0.2, 0.25) is 0 Å². The molecule has 0 saturated heterocycles. The molecule has 0 radical (unpaired) electrons. The molecular formula is C18H22N2. The Labute approximate surface area is 121 Å². The fraction of sp³-hybridized carbons (Fsp3) is 0.333. The zero-order valence-corrected chi connectivity index (χ0v) is 12.3. The summed E-state index contributed by atoms with van der Waals surface area (Å²) in [5, 5.41) is 7.12. The van der Waals surface area contributed by atoms with Crippen LogP contribution in [0.25, 0.3) is 0 Å². The van der Waals surface area contributed by atoms with Crippen molar-refractivity contribution >= 4 is 11.4 Å². The zero-order chi connectivity index (χ0) is 13.9. The molecule has 0 unspecified atom stereocenters. The Kier molecular flexibility index (Phi) is 3.64. The van der Waals surface area contributed by atoms with Gasteiger partial charge in [-0.1, -0.05) is 35.9 Å². The van der Waals surface area contributed by atoms with Crippen LogP contribution >= 0.6 is 0 Å². The standard InChI is InChI=1S/C18H22N2/c1-13-8-9-17(14(2)11-13)20-12-16-6-3-5-15-7-4-10-19-18(15)16/h3,5-6,8-9,11,19-20H,4,7,10,12H2,1-2H3. The summed E-state index contributed by atoms with van der Waals surface area (Å²) in [4.78, 5) is 0. The van der Waals surface area contributed by atoms with E-state index >= 15 is 0 Å². The molecular weight excluding hydrogens is 244 g/mol. The van der Waals surface area contributed by atoms with Crippen molar-refractivity contribution in [1.29, 1.82) is 0 Å². The first-order chi connectivity index (χ1) is 9.74. The van der Waals surface area contributed by atoms with E-state index in [-0.39, 0.29) is 0 Å². The van der Waals surface area contributed by atoms with Crippen molar-refractivity contribution in [1.82, 2.24) is 0 Å². The minimum absolute atomic E-state index is 0.875. The number of hydrogen-bond acceptors (Lipinski definition) is 2. The fourth-order valence-electron chi connectivity index (χ4n) is 2.93. The molecule has 0 bridgehead atoms. The van der Waals surface area contributed by atoms with Crippen LogP contribution in [-0.2, 0) is 13.0 Å². The lowest BCUT2D eigenvalue weighted by Gasteiger charge is -2.22. The van der Waals surface area contributed by atoms with Gasteiger partial charge in [0, 0.05) is 24.5 Å². The predicted octanol–water partition coefficient (Wildman–Crippen LogP) is 4.27.